The zero-order valence-electron chi connectivity index (χ0n) is 17.2. The summed E-state index contributed by atoms with van der Waals surface area (Å²) < 4.78 is 0. The summed E-state index contributed by atoms with van der Waals surface area (Å²) in [5.41, 5.74) is 7.39. The first kappa shape index (κ1) is 19.6. The quantitative estimate of drug-likeness (QED) is 0.432. The lowest BCUT2D eigenvalue weighted by Crippen LogP contribution is -2.33. The monoisotopic (exact) mass is 393 g/mol. The molecule has 0 amide bonds. The van der Waals surface area contributed by atoms with Crippen molar-refractivity contribution in [2.24, 2.45) is 21.8 Å². The second kappa shape index (κ2) is 7.97. The van der Waals surface area contributed by atoms with E-state index in [0.29, 0.717) is 28.9 Å². The minimum absolute atomic E-state index is 0.162. The molecule has 0 aromatic rings. The van der Waals surface area contributed by atoms with E-state index < -0.39 is 0 Å². The molecule has 0 bridgehead atoms. The van der Waals surface area contributed by atoms with Gasteiger partial charge in [0.25, 0.3) is 0 Å². The van der Waals surface area contributed by atoms with E-state index in [4.69, 9.17) is 10.3 Å². The molecule has 30 heavy (non-hydrogen) atoms. The summed E-state index contributed by atoms with van der Waals surface area (Å²) in [6.07, 6.45) is 16.3. The molecule has 5 heteroatoms. The van der Waals surface area contributed by atoms with Gasteiger partial charge in [0.1, 0.15) is 11.8 Å². The highest BCUT2D eigenvalue weighted by Gasteiger charge is 2.39. The third-order valence-corrected chi connectivity index (χ3v) is 6.04. The minimum Gasteiger partial charge on any atom is -0.329 e. The van der Waals surface area contributed by atoms with E-state index in [-0.39, 0.29) is 5.70 Å². The van der Waals surface area contributed by atoms with Crippen molar-refractivity contribution in [2.75, 3.05) is 7.05 Å². The summed E-state index contributed by atoms with van der Waals surface area (Å²) in [6.45, 7) is 5.70. The molecular weight excluding hydrogens is 370 g/mol. The predicted octanol–water partition coefficient (Wildman–Crippen LogP) is 4.60. The first-order chi connectivity index (χ1) is 14.6. The molecule has 0 aliphatic heterocycles. The van der Waals surface area contributed by atoms with Crippen LogP contribution in [0.1, 0.15) is 26.2 Å². The van der Waals surface area contributed by atoms with Crippen molar-refractivity contribution in [1.82, 2.24) is 5.32 Å². The van der Waals surface area contributed by atoms with E-state index in [0.717, 1.165) is 25.0 Å². The molecule has 2 unspecified atom stereocenters. The summed E-state index contributed by atoms with van der Waals surface area (Å²) in [5, 5.41) is 21.4. The van der Waals surface area contributed by atoms with E-state index in [1.165, 1.54) is 22.3 Å². The van der Waals surface area contributed by atoms with Gasteiger partial charge >= 0.3 is 0 Å². The summed E-state index contributed by atoms with van der Waals surface area (Å²) in [7, 11) is 1.62. The van der Waals surface area contributed by atoms with Crippen molar-refractivity contribution in [1.29, 1.82) is 10.5 Å². The topological polar surface area (TPSA) is 84.3 Å². The van der Waals surface area contributed by atoms with Gasteiger partial charge in [0.15, 0.2) is 5.84 Å². The van der Waals surface area contributed by atoms with Crippen LogP contribution in [0.15, 0.2) is 92.3 Å². The largest absolute Gasteiger partial charge is 0.329 e. The Morgan fingerprint density at radius 1 is 1.27 bits per heavy atom. The van der Waals surface area contributed by atoms with Gasteiger partial charge in [0.2, 0.25) is 0 Å². The van der Waals surface area contributed by atoms with Crippen LogP contribution < -0.4 is 5.32 Å². The SMILES string of the molecule is C=C(N=C1CC2C=CC=C3C=CC4=CCCC1=C4C32)C(=NC)N/C(C#N)=C(\C)C#N. The Morgan fingerprint density at radius 2 is 2.10 bits per heavy atom. The highest BCUT2D eigenvalue weighted by Crippen LogP contribution is 2.49. The van der Waals surface area contributed by atoms with Gasteiger partial charge in [-0.25, -0.2) is 4.99 Å². The average Bonchev–Trinajstić information content (AvgIpc) is 2.78. The summed E-state index contributed by atoms with van der Waals surface area (Å²) in [5.74, 6) is 1.20. The molecule has 4 aliphatic rings. The maximum absolute atomic E-state index is 9.34. The van der Waals surface area contributed by atoms with Gasteiger partial charge in [-0.15, -0.1) is 0 Å². The minimum atomic E-state index is 0.162. The lowest BCUT2D eigenvalue weighted by Gasteiger charge is -2.41. The number of hydrogen-bond donors (Lipinski definition) is 1. The predicted molar refractivity (Wildman–Crippen MR) is 119 cm³/mol. The molecule has 2 atom stereocenters. The molecule has 148 valence electrons. The van der Waals surface area contributed by atoms with Crippen molar-refractivity contribution < 1.29 is 0 Å². The standard InChI is InChI=1S/C25H23N5/c1-15(13-26)22(14-27)30-25(28-3)16(2)29-21-12-19-8-4-6-17-10-11-18-7-5-9-20(21)24(18)23(17)19/h4,6-8,10-11,19,23H,2,5,9,12H2,1,3H3,(H,28,30)/b22-15+,29-21?. The zero-order chi connectivity index (χ0) is 21.3. The van der Waals surface area contributed by atoms with Crippen LogP contribution >= 0.6 is 0 Å². The fourth-order valence-electron chi connectivity index (χ4n) is 4.61. The van der Waals surface area contributed by atoms with Crippen LogP contribution in [0.5, 0.6) is 0 Å². The smallest absolute Gasteiger partial charge is 0.151 e. The maximum atomic E-state index is 9.34. The van der Waals surface area contributed by atoms with Crippen LogP contribution in [0.4, 0.5) is 0 Å². The van der Waals surface area contributed by atoms with Crippen LogP contribution in [-0.4, -0.2) is 18.6 Å². The first-order valence-corrected chi connectivity index (χ1v) is 10.1. The lowest BCUT2D eigenvalue weighted by molar-refractivity contribution is 0.509. The van der Waals surface area contributed by atoms with Crippen LogP contribution in [0.2, 0.25) is 0 Å². The number of nitrogens with zero attached hydrogens (tertiary/aromatic N) is 4. The zero-order valence-corrected chi connectivity index (χ0v) is 17.2. The maximum Gasteiger partial charge on any atom is 0.151 e. The Labute approximate surface area is 177 Å². The number of rotatable bonds is 3. The summed E-state index contributed by atoms with van der Waals surface area (Å²) in [4.78, 5) is 9.11. The third kappa shape index (κ3) is 3.29. The molecule has 0 spiro atoms. The molecule has 0 radical (unpaired) electrons. The van der Waals surface area contributed by atoms with Crippen LogP contribution in [0.3, 0.4) is 0 Å². The highest BCUT2D eigenvalue weighted by molar-refractivity contribution is 6.08. The molecule has 5 nitrogen and oxygen atoms in total. The first-order valence-electron chi connectivity index (χ1n) is 10.1. The Kier molecular flexibility index (Phi) is 5.21. The summed E-state index contributed by atoms with van der Waals surface area (Å²) >= 11 is 0. The van der Waals surface area contributed by atoms with E-state index in [2.05, 4.69) is 53.3 Å². The Hall–Kier alpha value is -3.70. The van der Waals surface area contributed by atoms with Crippen LogP contribution in [-0.2, 0) is 0 Å². The van der Waals surface area contributed by atoms with Crippen molar-refractivity contribution >= 4 is 11.5 Å². The van der Waals surface area contributed by atoms with Gasteiger partial charge in [-0.05, 0) is 54.4 Å². The molecule has 0 saturated heterocycles. The molecule has 0 saturated carbocycles. The number of nitrogens with one attached hydrogen (secondary N) is 1. The number of aliphatic imine (C=N–C) groups is 2. The Morgan fingerprint density at radius 3 is 2.83 bits per heavy atom. The van der Waals surface area contributed by atoms with Crippen molar-refractivity contribution in [3.8, 4) is 12.1 Å². The van der Waals surface area contributed by atoms with Crippen LogP contribution in [0.25, 0.3) is 0 Å². The van der Waals surface area contributed by atoms with E-state index in [1.54, 1.807) is 14.0 Å². The molecule has 0 fully saturated rings. The summed E-state index contributed by atoms with van der Waals surface area (Å²) in [6, 6.07) is 4.00. The normalized spacial score (nSPS) is 26.1. The van der Waals surface area contributed by atoms with Crippen molar-refractivity contribution in [3.05, 3.63) is 82.3 Å². The molecule has 0 aromatic heterocycles. The number of amidine groups is 1. The second-order valence-electron chi connectivity index (χ2n) is 7.75. The number of nitriles is 2. The molecule has 0 heterocycles. The molecule has 1 N–H and O–H groups in total. The molecule has 4 aliphatic carbocycles. The number of hydrogen-bond acceptors (Lipinski definition) is 4. The van der Waals surface area contributed by atoms with Crippen LogP contribution in [0, 0.1) is 34.5 Å². The van der Waals surface area contributed by atoms with Crippen molar-refractivity contribution in [3.63, 3.8) is 0 Å². The fourth-order valence-corrected chi connectivity index (χ4v) is 4.61. The van der Waals surface area contributed by atoms with E-state index in [9.17, 15) is 5.26 Å². The lowest BCUT2D eigenvalue weighted by atomic mass is 9.63. The van der Waals surface area contributed by atoms with Crippen molar-refractivity contribution in [2.45, 2.75) is 26.2 Å². The fraction of sp³-hybridized carbons (Fsp3) is 0.280. The molecule has 0 aromatic carbocycles. The van der Waals surface area contributed by atoms with Gasteiger partial charge in [-0.2, -0.15) is 10.5 Å². The van der Waals surface area contributed by atoms with E-state index >= 15 is 0 Å². The average molecular weight is 393 g/mol. The highest BCUT2D eigenvalue weighted by atomic mass is 15.0. The van der Waals surface area contributed by atoms with E-state index in [1.807, 2.05) is 12.1 Å². The molecular formula is C25H23N5. The van der Waals surface area contributed by atoms with Gasteiger partial charge in [-0.1, -0.05) is 43.0 Å². The second-order valence-corrected chi connectivity index (χ2v) is 7.75. The van der Waals surface area contributed by atoms with Gasteiger partial charge in [-0.3, -0.25) is 4.99 Å². The number of allylic oxidation sites excluding steroid dienone is 12. The Balaban J connectivity index is 1.72. The third-order valence-electron chi connectivity index (χ3n) is 6.04. The van der Waals surface area contributed by atoms with Gasteiger partial charge in [0, 0.05) is 18.7 Å². The Bertz CT molecular complexity index is 1150. The van der Waals surface area contributed by atoms with Gasteiger partial charge < -0.3 is 5.32 Å². The van der Waals surface area contributed by atoms with Gasteiger partial charge in [0.05, 0.1) is 17.3 Å². The molecule has 4 rings (SSSR count).